The average molecular weight is 248 g/mol. The van der Waals surface area contributed by atoms with Crippen LogP contribution in [0.1, 0.15) is 15.9 Å². The maximum Gasteiger partial charge on any atom is 0.254 e. The quantitative estimate of drug-likeness (QED) is 0.903. The van der Waals surface area contributed by atoms with Crippen LogP contribution in [-0.2, 0) is 6.54 Å². The Balaban J connectivity index is 2.01. The van der Waals surface area contributed by atoms with Gasteiger partial charge in [0.25, 0.3) is 5.91 Å². The van der Waals surface area contributed by atoms with Gasteiger partial charge in [0.15, 0.2) is 0 Å². The van der Waals surface area contributed by atoms with Gasteiger partial charge in [-0.05, 0) is 23.8 Å². The second-order valence-corrected chi connectivity index (χ2v) is 3.80. The fraction of sp³-hybridized carbons (Fsp3) is 0.0833. The van der Waals surface area contributed by atoms with E-state index in [-0.39, 0.29) is 5.91 Å². The van der Waals surface area contributed by atoms with Crippen LogP contribution in [0.25, 0.3) is 0 Å². The molecule has 0 spiro atoms. The van der Waals surface area contributed by atoms with Crippen LogP contribution < -0.4 is 5.32 Å². The fourth-order valence-electron chi connectivity index (χ4n) is 1.32. The maximum atomic E-state index is 11.8. The molecule has 2 aromatic heterocycles. The van der Waals surface area contributed by atoms with Gasteiger partial charge < -0.3 is 5.32 Å². The van der Waals surface area contributed by atoms with Crippen LogP contribution in [0.3, 0.4) is 0 Å². The summed E-state index contributed by atoms with van der Waals surface area (Å²) in [5.41, 5.74) is 1.36. The molecule has 0 atom stereocenters. The number of carbonyl (C=O) groups is 1. The summed E-state index contributed by atoms with van der Waals surface area (Å²) in [4.78, 5) is 19.6. The van der Waals surface area contributed by atoms with Crippen LogP contribution >= 0.6 is 11.6 Å². The molecule has 0 saturated carbocycles. The zero-order valence-electron chi connectivity index (χ0n) is 8.93. The molecule has 86 valence electrons. The number of nitrogens with zero attached hydrogens (tertiary/aromatic N) is 2. The Morgan fingerprint density at radius 1 is 1.18 bits per heavy atom. The van der Waals surface area contributed by atoms with Gasteiger partial charge in [-0.25, -0.2) is 0 Å². The van der Waals surface area contributed by atoms with Gasteiger partial charge in [0, 0.05) is 31.3 Å². The standard InChI is InChI=1S/C12H10ClN3O/c13-11-3-6-15-8-10(11)12(17)16-7-9-1-4-14-5-2-9/h1-6,8H,7H2,(H,16,17). The van der Waals surface area contributed by atoms with Gasteiger partial charge in [-0.2, -0.15) is 0 Å². The SMILES string of the molecule is O=C(NCc1ccncc1)c1cnccc1Cl. The van der Waals surface area contributed by atoms with E-state index in [0.717, 1.165) is 5.56 Å². The van der Waals surface area contributed by atoms with Gasteiger partial charge in [-0.3, -0.25) is 14.8 Å². The van der Waals surface area contributed by atoms with Gasteiger partial charge in [0.05, 0.1) is 10.6 Å². The minimum atomic E-state index is -0.236. The molecular weight excluding hydrogens is 238 g/mol. The number of aromatic nitrogens is 2. The molecule has 17 heavy (non-hydrogen) atoms. The van der Waals surface area contributed by atoms with Crippen molar-refractivity contribution >= 4 is 17.5 Å². The molecular formula is C12H10ClN3O. The normalized spacial score (nSPS) is 9.94. The molecule has 0 fully saturated rings. The summed E-state index contributed by atoms with van der Waals surface area (Å²) in [6.07, 6.45) is 6.35. The lowest BCUT2D eigenvalue weighted by molar-refractivity contribution is 0.0950. The minimum Gasteiger partial charge on any atom is -0.348 e. The largest absolute Gasteiger partial charge is 0.348 e. The first-order valence-electron chi connectivity index (χ1n) is 5.04. The molecule has 0 radical (unpaired) electrons. The predicted octanol–water partition coefficient (Wildman–Crippen LogP) is 2.06. The first kappa shape index (κ1) is 11.5. The summed E-state index contributed by atoms with van der Waals surface area (Å²) in [6, 6.07) is 5.26. The highest BCUT2D eigenvalue weighted by molar-refractivity contribution is 6.33. The number of hydrogen-bond acceptors (Lipinski definition) is 3. The summed E-state index contributed by atoms with van der Waals surface area (Å²) in [6.45, 7) is 0.437. The van der Waals surface area contributed by atoms with Crippen LogP contribution in [0.4, 0.5) is 0 Å². The van der Waals surface area contributed by atoms with Gasteiger partial charge >= 0.3 is 0 Å². The smallest absolute Gasteiger partial charge is 0.254 e. The van der Waals surface area contributed by atoms with E-state index in [1.54, 1.807) is 24.7 Å². The molecule has 2 rings (SSSR count). The Morgan fingerprint density at radius 2 is 1.88 bits per heavy atom. The molecule has 5 heteroatoms. The van der Waals surface area contributed by atoms with Gasteiger partial charge in [0.1, 0.15) is 0 Å². The second kappa shape index (κ2) is 5.41. The molecule has 2 heterocycles. The topological polar surface area (TPSA) is 54.9 Å². The van der Waals surface area contributed by atoms with Crippen molar-refractivity contribution in [1.82, 2.24) is 15.3 Å². The van der Waals surface area contributed by atoms with E-state index in [1.165, 1.54) is 6.20 Å². The van der Waals surface area contributed by atoms with Gasteiger partial charge in [0.2, 0.25) is 0 Å². The number of halogens is 1. The van der Waals surface area contributed by atoms with E-state index in [2.05, 4.69) is 15.3 Å². The Kier molecular flexibility index (Phi) is 3.67. The molecule has 0 aliphatic rings. The lowest BCUT2D eigenvalue weighted by Crippen LogP contribution is -2.23. The maximum absolute atomic E-state index is 11.8. The summed E-state index contributed by atoms with van der Waals surface area (Å²) < 4.78 is 0. The molecule has 0 saturated heterocycles. The third-order valence-electron chi connectivity index (χ3n) is 2.21. The van der Waals surface area contributed by atoms with Crippen molar-refractivity contribution in [3.63, 3.8) is 0 Å². The summed E-state index contributed by atoms with van der Waals surface area (Å²) >= 11 is 5.89. The lowest BCUT2D eigenvalue weighted by Gasteiger charge is -2.05. The monoisotopic (exact) mass is 247 g/mol. The number of carbonyl (C=O) groups excluding carboxylic acids is 1. The third kappa shape index (κ3) is 3.01. The molecule has 0 aliphatic heterocycles. The summed E-state index contributed by atoms with van der Waals surface area (Å²) in [5.74, 6) is -0.236. The van der Waals surface area contributed by atoms with Gasteiger partial charge in [-0.15, -0.1) is 0 Å². The number of hydrogen-bond donors (Lipinski definition) is 1. The van der Waals surface area contributed by atoms with Crippen molar-refractivity contribution in [3.8, 4) is 0 Å². The Labute approximate surface area is 104 Å². The van der Waals surface area contributed by atoms with Crippen molar-refractivity contribution in [1.29, 1.82) is 0 Å². The van der Waals surface area contributed by atoms with Crippen molar-refractivity contribution in [2.24, 2.45) is 0 Å². The molecule has 0 unspecified atom stereocenters. The Bertz CT molecular complexity index is 516. The highest BCUT2D eigenvalue weighted by atomic mass is 35.5. The van der Waals surface area contributed by atoms with E-state index in [4.69, 9.17) is 11.6 Å². The number of amides is 1. The third-order valence-corrected chi connectivity index (χ3v) is 2.54. The van der Waals surface area contributed by atoms with E-state index in [0.29, 0.717) is 17.1 Å². The summed E-state index contributed by atoms with van der Waals surface area (Å²) in [7, 11) is 0. The van der Waals surface area contributed by atoms with E-state index < -0.39 is 0 Å². The van der Waals surface area contributed by atoms with Crippen LogP contribution in [0, 0.1) is 0 Å². The van der Waals surface area contributed by atoms with E-state index in [9.17, 15) is 4.79 Å². The average Bonchev–Trinajstić information content (AvgIpc) is 2.38. The Morgan fingerprint density at radius 3 is 2.59 bits per heavy atom. The number of nitrogens with one attached hydrogen (secondary N) is 1. The molecule has 0 bridgehead atoms. The van der Waals surface area contributed by atoms with Gasteiger partial charge in [-0.1, -0.05) is 11.6 Å². The predicted molar refractivity (Wildman–Crippen MR) is 64.7 cm³/mol. The zero-order valence-corrected chi connectivity index (χ0v) is 9.69. The molecule has 1 amide bonds. The zero-order chi connectivity index (χ0) is 12.1. The van der Waals surface area contributed by atoms with Crippen LogP contribution in [0.2, 0.25) is 5.02 Å². The molecule has 1 N–H and O–H groups in total. The lowest BCUT2D eigenvalue weighted by atomic mass is 10.2. The number of rotatable bonds is 3. The van der Waals surface area contributed by atoms with Crippen LogP contribution in [0.15, 0.2) is 43.0 Å². The fourth-order valence-corrected chi connectivity index (χ4v) is 1.51. The van der Waals surface area contributed by atoms with E-state index in [1.807, 2.05) is 12.1 Å². The highest BCUT2D eigenvalue weighted by Gasteiger charge is 2.09. The molecule has 4 nitrogen and oxygen atoms in total. The van der Waals surface area contributed by atoms with Crippen molar-refractivity contribution in [2.45, 2.75) is 6.54 Å². The van der Waals surface area contributed by atoms with Crippen molar-refractivity contribution in [2.75, 3.05) is 0 Å². The molecule has 2 aromatic rings. The van der Waals surface area contributed by atoms with Crippen molar-refractivity contribution in [3.05, 3.63) is 59.1 Å². The summed E-state index contributed by atoms with van der Waals surface area (Å²) in [5, 5.41) is 3.16. The molecule has 0 aromatic carbocycles. The van der Waals surface area contributed by atoms with Crippen LogP contribution in [0.5, 0.6) is 0 Å². The van der Waals surface area contributed by atoms with Crippen molar-refractivity contribution < 1.29 is 4.79 Å². The first-order valence-corrected chi connectivity index (χ1v) is 5.42. The number of pyridine rings is 2. The van der Waals surface area contributed by atoms with Crippen LogP contribution in [-0.4, -0.2) is 15.9 Å². The second-order valence-electron chi connectivity index (χ2n) is 3.39. The highest BCUT2D eigenvalue weighted by Crippen LogP contribution is 2.13. The first-order chi connectivity index (χ1) is 8.27. The minimum absolute atomic E-state index is 0.236. The van der Waals surface area contributed by atoms with E-state index >= 15 is 0 Å². The molecule has 0 aliphatic carbocycles. The Hall–Kier alpha value is -1.94.